The molecule has 0 unspecified atom stereocenters. The number of amides is 10. The number of hydrogen-bond acceptors (Lipinski definition) is 13. The molecule has 25 nitrogen and oxygen atoms in total. The van der Waals surface area contributed by atoms with Crippen molar-refractivity contribution < 1.29 is 53.1 Å². The topological polar surface area (TPSA) is 426 Å². The molecule has 25 heteroatoms. The van der Waals surface area contributed by atoms with Crippen molar-refractivity contribution in [3.63, 3.8) is 0 Å². The summed E-state index contributed by atoms with van der Waals surface area (Å²) in [5, 5.41) is 23.0. The van der Waals surface area contributed by atoms with Gasteiger partial charge in [0.1, 0.15) is 48.0 Å². The fourth-order valence-corrected chi connectivity index (χ4v) is 9.12. The Morgan fingerprint density at radius 3 is 1.69 bits per heavy atom. The maximum Gasteiger partial charge on any atom is 0.245 e. The van der Waals surface area contributed by atoms with E-state index in [9.17, 15) is 53.1 Å². The van der Waals surface area contributed by atoms with Crippen LogP contribution in [0.4, 0.5) is 0 Å². The van der Waals surface area contributed by atoms with Crippen LogP contribution in [-0.2, 0) is 67.2 Å². The summed E-state index contributed by atoms with van der Waals surface area (Å²) in [5.41, 5.74) is 36.0. The van der Waals surface area contributed by atoms with E-state index in [1.807, 2.05) is 13.8 Å². The first-order valence-electron chi connectivity index (χ1n) is 26.6. The lowest BCUT2D eigenvalue weighted by Gasteiger charge is -2.34. The van der Waals surface area contributed by atoms with E-state index < -0.39 is 114 Å². The van der Waals surface area contributed by atoms with Gasteiger partial charge in [0.25, 0.3) is 0 Å². The van der Waals surface area contributed by atoms with E-state index in [4.69, 9.17) is 34.4 Å². The monoisotopic (exact) mass is 1110 g/mol. The zero-order valence-electron chi connectivity index (χ0n) is 45.5. The van der Waals surface area contributed by atoms with E-state index >= 15 is 0 Å². The fraction of sp³-hybridized carbons (Fsp3) is 0.473. The number of carbonyl (C=O) groups is 10. The molecule has 0 aliphatic carbocycles. The molecule has 1 heterocycles. The number of aliphatic imine (C=N–C) groups is 1. The average Bonchev–Trinajstić information content (AvgIpc) is 3.93. The van der Waals surface area contributed by atoms with Crippen LogP contribution in [0, 0.1) is 5.92 Å². The van der Waals surface area contributed by atoms with Crippen LogP contribution in [0.2, 0.25) is 0 Å². The number of guanidine groups is 1. The molecule has 1 fully saturated rings. The molecule has 10 amide bonds. The highest BCUT2D eigenvalue weighted by Crippen LogP contribution is 2.22. The number of carbonyl (C=O) groups excluding carboxylic acids is 10. The van der Waals surface area contributed by atoms with Crippen LogP contribution >= 0.6 is 0 Å². The predicted molar refractivity (Wildman–Crippen MR) is 296 cm³/mol. The molecule has 0 aromatic heterocycles. The normalized spacial score (nSPS) is 15.6. The first-order valence-corrected chi connectivity index (χ1v) is 26.6. The van der Waals surface area contributed by atoms with Gasteiger partial charge in [-0.1, -0.05) is 86.6 Å². The predicted octanol–water partition coefficient (Wildman–Crippen LogP) is -1.89. The Hall–Kier alpha value is -8.61. The molecular formula is C55H78N14O11. The van der Waals surface area contributed by atoms with E-state index in [1.165, 1.54) is 29.0 Å². The summed E-state index contributed by atoms with van der Waals surface area (Å²) in [6.07, 6.45) is -0.731. The molecule has 80 heavy (non-hydrogen) atoms. The summed E-state index contributed by atoms with van der Waals surface area (Å²) in [6, 6.07) is 13.3. The second kappa shape index (κ2) is 31.7. The highest BCUT2D eigenvalue weighted by Gasteiger charge is 2.41. The molecule has 0 radical (unpaired) electrons. The number of nitrogens with zero attached hydrogens (tertiary/aromatic N) is 3. The van der Waals surface area contributed by atoms with Crippen molar-refractivity contribution in [2.75, 3.05) is 20.1 Å². The largest absolute Gasteiger partial charge is 0.508 e. The number of nitrogens with one attached hydrogen (secondary N) is 5. The minimum atomic E-state index is -1.51. The lowest BCUT2D eigenvalue weighted by molar-refractivity contribution is -0.145. The standard InChI is InChI=1S/C55H78N14O11/c1-32(2)28-42(67-48(74)37(56)29-35-18-20-36(70)21-19-35)53(79)68(3)44(31-34-14-8-5-9-15-34)52(78)65-40(23-25-46(58)72)54(80)69-27-11-17-43(69)51(77)64-39(22-24-45(57)71)50(76)63-38(16-10-26-62-55(60)61)49(75)66-41(47(59)73)30-33-12-6-4-7-13-33/h4-9,12-15,18-21,32,37-44,70H,10-11,16-17,22-31,56H2,1-3H3,(H2,57,71)(H2,58,72)(H2,59,73)(H,63,76)(H,64,77)(H,65,78)(H,66,75)(H,67,74)(H4,60,61,62)/t37-,38+,39+,40+,41+,42+,43+,44+/m1/s1. The number of primary amides is 3. The van der Waals surface area contributed by atoms with E-state index in [1.54, 1.807) is 72.8 Å². The van der Waals surface area contributed by atoms with E-state index in [-0.39, 0.29) is 101 Å². The second-order valence-corrected chi connectivity index (χ2v) is 20.3. The van der Waals surface area contributed by atoms with Crippen LogP contribution in [0.15, 0.2) is 89.9 Å². The Kier molecular flexibility index (Phi) is 25.3. The lowest BCUT2D eigenvalue weighted by atomic mass is 9.98. The summed E-state index contributed by atoms with van der Waals surface area (Å²) in [6.45, 7) is 3.75. The molecule has 0 saturated carbocycles. The quantitative estimate of drug-likeness (QED) is 0.0185. The fourth-order valence-electron chi connectivity index (χ4n) is 9.12. The van der Waals surface area contributed by atoms with Crippen LogP contribution < -0.4 is 61.0 Å². The van der Waals surface area contributed by atoms with Gasteiger partial charge in [-0.25, -0.2) is 0 Å². The van der Waals surface area contributed by atoms with Gasteiger partial charge in [-0.15, -0.1) is 0 Å². The van der Waals surface area contributed by atoms with Gasteiger partial charge in [-0.3, -0.25) is 52.9 Å². The van der Waals surface area contributed by atoms with Crippen molar-refractivity contribution in [2.24, 2.45) is 45.3 Å². The Morgan fingerprint density at radius 2 is 1.14 bits per heavy atom. The highest BCUT2D eigenvalue weighted by molar-refractivity contribution is 5.98. The van der Waals surface area contributed by atoms with Crippen LogP contribution in [0.1, 0.15) is 88.3 Å². The molecule has 0 spiro atoms. The van der Waals surface area contributed by atoms with Gasteiger partial charge < -0.3 is 75.9 Å². The van der Waals surface area contributed by atoms with Crippen LogP contribution in [0.3, 0.4) is 0 Å². The maximum absolute atomic E-state index is 14.7. The first kappa shape index (κ1) is 63.9. The van der Waals surface area contributed by atoms with Gasteiger partial charge in [0, 0.05) is 45.8 Å². The molecule has 1 saturated heterocycles. The second-order valence-electron chi connectivity index (χ2n) is 20.3. The maximum atomic E-state index is 14.7. The number of benzene rings is 3. The first-order chi connectivity index (χ1) is 37.9. The third-order valence-electron chi connectivity index (χ3n) is 13.4. The van der Waals surface area contributed by atoms with Crippen molar-refractivity contribution >= 4 is 65.0 Å². The number of nitrogens with two attached hydrogens (primary N) is 6. The summed E-state index contributed by atoms with van der Waals surface area (Å²) >= 11 is 0. The van der Waals surface area contributed by atoms with Gasteiger partial charge in [-0.2, -0.15) is 0 Å². The molecule has 18 N–H and O–H groups in total. The number of likely N-dealkylation sites (N-methyl/N-ethyl adjacent to an activating group) is 1. The van der Waals surface area contributed by atoms with Gasteiger partial charge in [0.05, 0.1) is 6.04 Å². The molecule has 3 aromatic carbocycles. The summed E-state index contributed by atoms with van der Waals surface area (Å²) in [7, 11) is 1.39. The Bertz CT molecular complexity index is 2640. The van der Waals surface area contributed by atoms with E-state index in [0.717, 1.165) is 0 Å². The smallest absolute Gasteiger partial charge is 0.245 e. The van der Waals surface area contributed by atoms with Gasteiger partial charge in [0.15, 0.2) is 5.96 Å². The third-order valence-corrected chi connectivity index (χ3v) is 13.4. The summed E-state index contributed by atoms with van der Waals surface area (Å²) < 4.78 is 0. The minimum Gasteiger partial charge on any atom is -0.508 e. The zero-order valence-corrected chi connectivity index (χ0v) is 45.5. The van der Waals surface area contributed by atoms with Crippen molar-refractivity contribution in [2.45, 2.75) is 139 Å². The van der Waals surface area contributed by atoms with Crippen molar-refractivity contribution in [1.29, 1.82) is 0 Å². The summed E-state index contributed by atoms with van der Waals surface area (Å²) in [4.78, 5) is 143. The van der Waals surface area contributed by atoms with Gasteiger partial charge in [0.2, 0.25) is 59.1 Å². The number of phenolic OH excluding ortho intramolecular Hbond substituents is 1. The van der Waals surface area contributed by atoms with Gasteiger partial charge in [-0.05, 0) is 86.1 Å². The number of likely N-dealkylation sites (tertiary alicyclic amines) is 1. The van der Waals surface area contributed by atoms with E-state index in [2.05, 4.69) is 31.6 Å². The number of hydrogen-bond donors (Lipinski definition) is 12. The Balaban J connectivity index is 1.59. The van der Waals surface area contributed by atoms with Crippen molar-refractivity contribution in [1.82, 2.24) is 36.4 Å². The third kappa shape index (κ3) is 21.0. The molecule has 1 aliphatic rings. The van der Waals surface area contributed by atoms with Crippen LogP contribution in [0.5, 0.6) is 5.75 Å². The molecule has 8 atom stereocenters. The van der Waals surface area contributed by atoms with Crippen molar-refractivity contribution in [3.8, 4) is 5.75 Å². The number of phenols is 1. The molecule has 0 bridgehead atoms. The SMILES string of the molecule is CC(C)C[C@H](NC(=O)[C@H](N)Cc1ccc(O)cc1)C(=O)N(C)[C@@H](Cc1ccccc1)C(=O)N[C@@H](CCC(N)=O)C(=O)N1CCC[C@H]1C(=O)N[C@@H](CCC(N)=O)C(=O)N[C@@H](CCCN=C(N)N)C(=O)N[C@@H](Cc1ccccc1)C(N)=O. The highest BCUT2D eigenvalue weighted by atomic mass is 16.3. The Morgan fingerprint density at radius 1 is 0.625 bits per heavy atom. The molecule has 1 aliphatic heterocycles. The molecule has 3 aromatic rings. The average molecular weight is 1110 g/mol. The van der Waals surface area contributed by atoms with Crippen molar-refractivity contribution in [3.05, 3.63) is 102 Å². The lowest BCUT2D eigenvalue weighted by Crippen LogP contribution is -2.60. The number of rotatable bonds is 32. The van der Waals surface area contributed by atoms with Crippen LogP contribution in [-0.4, -0.2) is 148 Å². The molecule has 4 rings (SSSR count). The molecule has 434 valence electrons. The van der Waals surface area contributed by atoms with E-state index in [0.29, 0.717) is 16.7 Å². The molecular weight excluding hydrogens is 1030 g/mol. The zero-order chi connectivity index (χ0) is 59.1. The minimum absolute atomic E-state index is 0.00262. The Labute approximate surface area is 465 Å². The van der Waals surface area contributed by atoms with Gasteiger partial charge >= 0.3 is 0 Å². The summed E-state index contributed by atoms with van der Waals surface area (Å²) in [5.74, 6) is -8.18. The van der Waals surface area contributed by atoms with Crippen LogP contribution in [0.25, 0.3) is 0 Å². The number of aromatic hydroxyl groups is 1.